The Morgan fingerprint density at radius 1 is 1.40 bits per heavy atom. The van der Waals surface area contributed by atoms with Gasteiger partial charge in [0.25, 0.3) is 0 Å². The van der Waals surface area contributed by atoms with Gasteiger partial charge in [-0.2, -0.15) is 0 Å². The fourth-order valence-electron chi connectivity index (χ4n) is 0.671. The molecule has 10 heavy (non-hydrogen) atoms. The van der Waals surface area contributed by atoms with Gasteiger partial charge in [0, 0.05) is 6.07 Å². The summed E-state index contributed by atoms with van der Waals surface area (Å²) >= 11 is 0. The molecular weight excluding hydrogens is 129 g/mol. The third-order valence-corrected chi connectivity index (χ3v) is 1.03. The molecule has 0 aliphatic heterocycles. The van der Waals surface area contributed by atoms with E-state index in [9.17, 15) is 4.91 Å². The van der Waals surface area contributed by atoms with Gasteiger partial charge in [-0.05, 0) is 17.3 Å². The number of nitroso groups, excluding NO2 is 1. The number of aromatic hydroxyl groups is 1. The Hall–Kier alpha value is -1.32. The Morgan fingerprint density at radius 3 is 2.60 bits per heavy atom. The van der Waals surface area contributed by atoms with Crippen molar-refractivity contribution in [1.29, 1.82) is 0 Å². The van der Waals surface area contributed by atoms with Gasteiger partial charge in [0.2, 0.25) is 0 Å². The van der Waals surface area contributed by atoms with E-state index in [4.69, 9.17) is 13.0 Å². The van der Waals surface area contributed by atoms with Crippen molar-refractivity contribution in [3.63, 3.8) is 0 Å². The van der Waals surface area contributed by atoms with Crippen molar-refractivity contribution in [2.45, 2.75) is 0 Å². The SMILES string of the molecule is [B]c1cc(O)cc(N=O)c1. The molecule has 1 N–H and O–H groups in total. The molecule has 0 aliphatic rings. The molecular formula is C6H4BNO2. The van der Waals surface area contributed by atoms with E-state index in [1.54, 1.807) is 0 Å². The Labute approximate surface area is 59.1 Å². The van der Waals surface area contributed by atoms with Crippen molar-refractivity contribution >= 4 is 19.0 Å². The van der Waals surface area contributed by atoms with Crippen molar-refractivity contribution in [3.05, 3.63) is 23.1 Å². The molecule has 3 nitrogen and oxygen atoms in total. The lowest BCUT2D eigenvalue weighted by molar-refractivity contribution is 0.476. The van der Waals surface area contributed by atoms with Crippen molar-refractivity contribution in [2.75, 3.05) is 0 Å². The standard InChI is InChI=1S/C6H4BNO2/c7-4-1-5(8-10)3-6(9)2-4/h1-3,9H. The number of phenols is 1. The van der Waals surface area contributed by atoms with E-state index in [2.05, 4.69) is 5.18 Å². The van der Waals surface area contributed by atoms with E-state index in [1.807, 2.05) is 0 Å². The van der Waals surface area contributed by atoms with Crippen LogP contribution in [-0.2, 0) is 0 Å². The average Bonchev–Trinajstić information content (AvgIpc) is 1.85. The molecule has 0 saturated carbocycles. The number of nitrogens with zero attached hydrogens (tertiary/aromatic N) is 1. The Balaban J connectivity index is 3.18. The van der Waals surface area contributed by atoms with Gasteiger partial charge >= 0.3 is 0 Å². The van der Waals surface area contributed by atoms with Crippen LogP contribution in [0.4, 0.5) is 5.69 Å². The first-order valence-corrected chi connectivity index (χ1v) is 2.65. The van der Waals surface area contributed by atoms with Crippen LogP contribution in [0.5, 0.6) is 5.75 Å². The molecule has 0 unspecified atom stereocenters. The first kappa shape index (κ1) is 6.80. The van der Waals surface area contributed by atoms with Gasteiger partial charge in [-0.3, -0.25) is 0 Å². The van der Waals surface area contributed by atoms with E-state index < -0.39 is 0 Å². The van der Waals surface area contributed by atoms with Gasteiger partial charge in [-0.25, -0.2) is 0 Å². The molecule has 0 bridgehead atoms. The molecule has 0 aromatic heterocycles. The van der Waals surface area contributed by atoms with Gasteiger partial charge in [-0.1, -0.05) is 5.46 Å². The van der Waals surface area contributed by atoms with Gasteiger partial charge in [0.15, 0.2) is 0 Å². The molecule has 0 fully saturated rings. The second-order valence-electron chi connectivity index (χ2n) is 1.87. The number of rotatable bonds is 1. The quantitative estimate of drug-likeness (QED) is 0.450. The molecule has 1 rings (SSSR count). The van der Waals surface area contributed by atoms with Crippen LogP contribution in [0.25, 0.3) is 0 Å². The Morgan fingerprint density at radius 2 is 2.10 bits per heavy atom. The molecule has 1 aromatic rings. The summed E-state index contributed by atoms with van der Waals surface area (Å²) in [4.78, 5) is 9.89. The van der Waals surface area contributed by atoms with Crippen LogP contribution in [0.2, 0.25) is 0 Å². The van der Waals surface area contributed by atoms with Gasteiger partial charge < -0.3 is 5.11 Å². The topological polar surface area (TPSA) is 49.7 Å². The predicted octanol–water partition coefficient (Wildman–Crippen LogP) is 0.584. The van der Waals surface area contributed by atoms with Gasteiger partial charge in [0.1, 0.15) is 19.3 Å². The normalized spacial score (nSPS) is 9.20. The van der Waals surface area contributed by atoms with E-state index in [0.29, 0.717) is 5.46 Å². The Kier molecular flexibility index (Phi) is 1.71. The zero-order valence-corrected chi connectivity index (χ0v) is 5.11. The third kappa shape index (κ3) is 1.34. The minimum absolute atomic E-state index is 0.0467. The number of benzene rings is 1. The van der Waals surface area contributed by atoms with E-state index in [1.165, 1.54) is 18.2 Å². The largest absolute Gasteiger partial charge is 0.508 e. The second-order valence-corrected chi connectivity index (χ2v) is 1.87. The smallest absolute Gasteiger partial charge is 0.117 e. The molecule has 0 heterocycles. The summed E-state index contributed by atoms with van der Waals surface area (Å²) in [5, 5.41) is 11.4. The maximum Gasteiger partial charge on any atom is 0.117 e. The van der Waals surface area contributed by atoms with Crippen LogP contribution in [0.1, 0.15) is 0 Å². The number of hydrogen-bond acceptors (Lipinski definition) is 3. The lowest BCUT2D eigenvalue weighted by Crippen LogP contribution is -1.98. The molecule has 0 saturated heterocycles. The van der Waals surface area contributed by atoms with Crippen LogP contribution in [0.15, 0.2) is 23.4 Å². The summed E-state index contributed by atoms with van der Waals surface area (Å²) in [5.74, 6) is -0.0467. The van der Waals surface area contributed by atoms with Crippen molar-refractivity contribution < 1.29 is 5.11 Å². The molecule has 0 aliphatic carbocycles. The molecule has 2 radical (unpaired) electrons. The monoisotopic (exact) mass is 133 g/mol. The minimum Gasteiger partial charge on any atom is -0.508 e. The highest BCUT2D eigenvalue weighted by molar-refractivity contribution is 6.32. The first-order valence-electron chi connectivity index (χ1n) is 2.65. The lowest BCUT2D eigenvalue weighted by Gasteiger charge is -1.94. The van der Waals surface area contributed by atoms with E-state index in [0.717, 1.165) is 0 Å². The number of phenolic OH excluding ortho intramolecular Hbond substituents is 1. The average molecular weight is 133 g/mol. The number of hydrogen-bond donors (Lipinski definition) is 1. The molecule has 0 atom stereocenters. The van der Waals surface area contributed by atoms with Gasteiger partial charge in [0.05, 0.1) is 0 Å². The summed E-state index contributed by atoms with van der Waals surface area (Å²) in [5.41, 5.74) is 0.465. The Bertz CT molecular complexity index is 242. The maximum atomic E-state index is 9.89. The van der Waals surface area contributed by atoms with E-state index >= 15 is 0 Å². The third-order valence-electron chi connectivity index (χ3n) is 1.03. The predicted molar refractivity (Wildman–Crippen MR) is 38.9 cm³/mol. The molecule has 4 heteroatoms. The second kappa shape index (κ2) is 2.52. The highest BCUT2D eigenvalue weighted by Crippen LogP contribution is 2.15. The maximum absolute atomic E-state index is 9.89. The zero-order chi connectivity index (χ0) is 7.56. The summed E-state index contributed by atoms with van der Waals surface area (Å²) < 4.78 is 0. The van der Waals surface area contributed by atoms with Crippen LogP contribution in [0.3, 0.4) is 0 Å². The fourth-order valence-corrected chi connectivity index (χ4v) is 0.671. The van der Waals surface area contributed by atoms with Crippen molar-refractivity contribution in [3.8, 4) is 5.75 Å². The van der Waals surface area contributed by atoms with Crippen LogP contribution in [0, 0.1) is 4.91 Å². The molecule has 0 amide bonds. The first-order chi connectivity index (χ1) is 4.72. The summed E-state index contributed by atoms with van der Waals surface area (Å²) in [6.45, 7) is 0. The van der Waals surface area contributed by atoms with Crippen LogP contribution < -0.4 is 5.46 Å². The summed E-state index contributed by atoms with van der Waals surface area (Å²) in [6.07, 6.45) is 0. The lowest BCUT2D eigenvalue weighted by atomic mass is 9.96. The van der Waals surface area contributed by atoms with Crippen molar-refractivity contribution in [2.24, 2.45) is 5.18 Å². The highest BCUT2D eigenvalue weighted by atomic mass is 16.3. The fraction of sp³-hybridized carbons (Fsp3) is 0. The molecule has 1 aromatic carbocycles. The molecule has 48 valence electrons. The zero-order valence-electron chi connectivity index (χ0n) is 5.11. The van der Waals surface area contributed by atoms with Crippen molar-refractivity contribution in [1.82, 2.24) is 0 Å². The van der Waals surface area contributed by atoms with Gasteiger partial charge in [-0.15, -0.1) is 4.91 Å². The van der Waals surface area contributed by atoms with E-state index in [-0.39, 0.29) is 11.4 Å². The van der Waals surface area contributed by atoms with Crippen LogP contribution in [-0.4, -0.2) is 13.0 Å². The highest BCUT2D eigenvalue weighted by Gasteiger charge is 1.94. The summed E-state index contributed by atoms with van der Waals surface area (Å²) in [6, 6.07) is 3.96. The summed E-state index contributed by atoms with van der Waals surface area (Å²) in [7, 11) is 5.28. The van der Waals surface area contributed by atoms with Crippen LogP contribution >= 0.6 is 0 Å². The molecule has 0 spiro atoms. The minimum atomic E-state index is -0.0467.